The van der Waals surface area contributed by atoms with Gasteiger partial charge in [-0.2, -0.15) is 0 Å². The molecule has 1 rings (SSSR count). The van der Waals surface area contributed by atoms with Crippen LogP contribution in [-0.4, -0.2) is 23.5 Å². The molecule has 16 heavy (non-hydrogen) atoms. The average Bonchev–Trinajstić information content (AvgIpc) is 2.15. The van der Waals surface area contributed by atoms with Crippen LogP contribution in [0.15, 0.2) is 12.1 Å². The summed E-state index contributed by atoms with van der Waals surface area (Å²) in [5.74, 6) is -0.564. The van der Waals surface area contributed by atoms with Crippen molar-refractivity contribution in [2.24, 2.45) is 0 Å². The van der Waals surface area contributed by atoms with Crippen molar-refractivity contribution in [3.8, 4) is 0 Å². The number of hydrogen-bond acceptors (Lipinski definition) is 4. The van der Waals surface area contributed by atoms with E-state index in [-0.39, 0.29) is 29.0 Å². The number of nitrogens with one attached hydrogen (secondary N) is 1. The van der Waals surface area contributed by atoms with E-state index >= 15 is 0 Å². The zero-order valence-electron chi connectivity index (χ0n) is 8.91. The minimum Gasteiger partial charge on any atom is -0.462 e. The van der Waals surface area contributed by atoms with Gasteiger partial charge in [0.25, 0.3) is 0 Å². The molecule has 0 unspecified atom stereocenters. The second-order valence-corrected chi connectivity index (χ2v) is 3.35. The molecule has 86 valence electrons. The number of aromatic nitrogens is 1. The first kappa shape index (κ1) is 12.4. The van der Waals surface area contributed by atoms with Gasteiger partial charge in [0.1, 0.15) is 11.0 Å². The second kappa shape index (κ2) is 5.46. The van der Waals surface area contributed by atoms with E-state index in [0.717, 1.165) is 0 Å². The summed E-state index contributed by atoms with van der Waals surface area (Å²) in [6, 6.07) is 2.79. The summed E-state index contributed by atoms with van der Waals surface area (Å²) >= 11 is 5.71. The Hall–Kier alpha value is -1.62. The Kier molecular flexibility index (Phi) is 4.25. The molecule has 6 heteroatoms. The molecule has 0 aliphatic rings. The van der Waals surface area contributed by atoms with Gasteiger partial charge in [-0.25, -0.2) is 9.78 Å². The van der Waals surface area contributed by atoms with Gasteiger partial charge in [-0.3, -0.25) is 4.79 Å². The molecule has 0 radical (unpaired) electrons. The number of ether oxygens (including phenoxy) is 1. The SMILES string of the molecule is CCOC(=O)c1cc(Cl)nc(NC(C)=O)c1. The summed E-state index contributed by atoms with van der Waals surface area (Å²) < 4.78 is 4.80. The van der Waals surface area contributed by atoms with Crippen LogP contribution < -0.4 is 5.32 Å². The number of hydrogen-bond donors (Lipinski definition) is 1. The molecule has 1 aromatic heterocycles. The van der Waals surface area contributed by atoms with Crippen LogP contribution in [0.2, 0.25) is 5.15 Å². The van der Waals surface area contributed by atoms with Crippen molar-refractivity contribution in [2.75, 3.05) is 11.9 Å². The first-order valence-electron chi connectivity index (χ1n) is 4.65. The lowest BCUT2D eigenvalue weighted by Crippen LogP contribution is -2.10. The van der Waals surface area contributed by atoms with Gasteiger partial charge in [0, 0.05) is 6.92 Å². The zero-order valence-corrected chi connectivity index (χ0v) is 9.67. The maximum Gasteiger partial charge on any atom is 0.338 e. The van der Waals surface area contributed by atoms with E-state index in [1.807, 2.05) is 0 Å². The maximum atomic E-state index is 11.4. The highest BCUT2D eigenvalue weighted by molar-refractivity contribution is 6.29. The van der Waals surface area contributed by atoms with Gasteiger partial charge in [-0.1, -0.05) is 11.6 Å². The molecule has 0 saturated carbocycles. The van der Waals surface area contributed by atoms with E-state index in [4.69, 9.17) is 16.3 Å². The van der Waals surface area contributed by atoms with Gasteiger partial charge >= 0.3 is 5.97 Å². The number of pyridine rings is 1. The van der Waals surface area contributed by atoms with E-state index in [0.29, 0.717) is 0 Å². The summed E-state index contributed by atoms with van der Waals surface area (Å²) in [6.07, 6.45) is 0. The van der Waals surface area contributed by atoms with Crippen LogP contribution in [0.3, 0.4) is 0 Å². The molecule has 0 saturated heterocycles. The maximum absolute atomic E-state index is 11.4. The Morgan fingerprint density at radius 1 is 1.50 bits per heavy atom. The molecular formula is C10H11ClN2O3. The van der Waals surface area contributed by atoms with Crippen molar-refractivity contribution < 1.29 is 14.3 Å². The van der Waals surface area contributed by atoms with Crippen molar-refractivity contribution in [1.29, 1.82) is 0 Å². The lowest BCUT2D eigenvalue weighted by molar-refractivity contribution is -0.114. The van der Waals surface area contributed by atoms with Gasteiger partial charge in [0.05, 0.1) is 12.2 Å². The fourth-order valence-corrected chi connectivity index (χ4v) is 1.28. The monoisotopic (exact) mass is 242 g/mol. The number of carbonyl (C=O) groups excluding carboxylic acids is 2. The van der Waals surface area contributed by atoms with E-state index in [2.05, 4.69) is 10.3 Å². The Labute approximate surface area is 97.8 Å². The highest BCUT2D eigenvalue weighted by Gasteiger charge is 2.10. The lowest BCUT2D eigenvalue weighted by Gasteiger charge is -2.05. The molecule has 0 spiro atoms. The molecule has 0 atom stereocenters. The third kappa shape index (κ3) is 3.51. The number of carbonyl (C=O) groups is 2. The number of amides is 1. The van der Waals surface area contributed by atoms with Crippen LogP contribution >= 0.6 is 11.6 Å². The minimum atomic E-state index is -0.501. The first-order valence-corrected chi connectivity index (χ1v) is 5.03. The number of esters is 1. The zero-order chi connectivity index (χ0) is 12.1. The van der Waals surface area contributed by atoms with Crippen molar-refractivity contribution >= 4 is 29.3 Å². The molecule has 1 amide bonds. The summed E-state index contributed by atoms with van der Waals surface area (Å²) in [5.41, 5.74) is 0.255. The average molecular weight is 243 g/mol. The smallest absolute Gasteiger partial charge is 0.338 e. The van der Waals surface area contributed by atoms with Crippen LogP contribution in [0.5, 0.6) is 0 Å². The largest absolute Gasteiger partial charge is 0.462 e. The first-order chi connectivity index (χ1) is 7.52. The Morgan fingerprint density at radius 2 is 2.19 bits per heavy atom. The second-order valence-electron chi connectivity index (χ2n) is 2.97. The number of nitrogens with zero attached hydrogens (tertiary/aromatic N) is 1. The fourth-order valence-electron chi connectivity index (χ4n) is 1.07. The molecule has 5 nitrogen and oxygen atoms in total. The van der Waals surface area contributed by atoms with Gasteiger partial charge in [0.2, 0.25) is 5.91 Å². The van der Waals surface area contributed by atoms with Crippen LogP contribution in [0.4, 0.5) is 5.82 Å². The Bertz CT molecular complexity index is 421. The van der Waals surface area contributed by atoms with Crippen LogP contribution in [0, 0.1) is 0 Å². The minimum absolute atomic E-state index is 0.120. The molecule has 0 fully saturated rings. The number of rotatable bonds is 3. The standard InChI is InChI=1S/C10H11ClN2O3/c1-3-16-10(15)7-4-8(11)13-9(5-7)12-6(2)14/h4-5H,3H2,1-2H3,(H,12,13,14). The molecule has 0 aliphatic carbocycles. The van der Waals surface area contributed by atoms with E-state index in [1.54, 1.807) is 6.92 Å². The summed E-state index contributed by atoms with van der Waals surface area (Å²) in [7, 11) is 0. The Balaban J connectivity index is 2.97. The third-order valence-electron chi connectivity index (χ3n) is 1.61. The van der Waals surface area contributed by atoms with Gasteiger partial charge in [-0.15, -0.1) is 0 Å². The van der Waals surface area contributed by atoms with Crippen LogP contribution in [0.25, 0.3) is 0 Å². The molecule has 0 bridgehead atoms. The number of halogens is 1. The fraction of sp³-hybridized carbons (Fsp3) is 0.300. The summed E-state index contributed by atoms with van der Waals surface area (Å²) in [4.78, 5) is 26.1. The van der Waals surface area contributed by atoms with Gasteiger partial charge in [0.15, 0.2) is 0 Å². The van der Waals surface area contributed by atoms with E-state index in [1.165, 1.54) is 19.1 Å². The van der Waals surface area contributed by atoms with Crippen molar-refractivity contribution in [2.45, 2.75) is 13.8 Å². The molecule has 0 aromatic carbocycles. The van der Waals surface area contributed by atoms with Crippen LogP contribution in [-0.2, 0) is 9.53 Å². The molecule has 1 heterocycles. The summed E-state index contributed by atoms with van der Waals surface area (Å²) in [6.45, 7) is 3.32. The predicted molar refractivity (Wildman–Crippen MR) is 59.5 cm³/mol. The third-order valence-corrected chi connectivity index (χ3v) is 1.80. The molecular weight excluding hydrogens is 232 g/mol. The van der Waals surface area contributed by atoms with Gasteiger partial charge < -0.3 is 10.1 Å². The Morgan fingerprint density at radius 3 is 2.75 bits per heavy atom. The van der Waals surface area contributed by atoms with E-state index < -0.39 is 5.97 Å². The lowest BCUT2D eigenvalue weighted by atomic mass is 10.2. The van der Waals surface area contributed by atoms with Gasteiger partial charge in [-0.05, 0) is 19.1 Å². The highest BCUT2D eigenvalue weighted by Crippen LogP contribution is 2.15. The van der Waals surface area contributed by atoms with Crippen molar-refractivity contribution in [3.63, 3.8) is 0 Å². The van der Waals surface area contributed by atoms with Crippen molar-refractivity contribution in [1.82, 2.24) is 4.98 Å². The number of anilines is 1. The molecule has 0 aliphatic heterocycles. The topological polar surface area (TPSA) is 68.3 Å². The highest BCUT2D eigenvalue weighted by atomic mass is 35.5. The molecule has 1 N–H and O–H groups in total. The normalized spacial score (nSPS) is 9.69. The van der Waals surface area contributed by atoms with E-state index in [9.17, 15) is 9.59 Å². The van der Waals surface area contributed by atoms with Crippen LogP contribution in [0.1, 0.15) is 24.2 Å². The van der Waals surface area contributed by atoms with Crippen molar-refractivity contribution in [3.05, 3.63) is 22.8 Å². The summed E-state index contributed by atoms with van der Waals surface area (Å²) in [5, 5.41) is 2.56. The molecule has 1 aromatic rings. The quantitative estimate of drug-likeness (QED) is 0.649. The predicted octanol–water partition coefficient (Wildman–Crippen LogP) is 1.87.